The molecular formula is C12H9BrN2O3S. The van der Waals surface area contributed by atoms with Gasteiger partial charge in [-0.15, -0.1) is 11.3 Å². The Morgan fingerprint density at radius 1 is 1.42 bits per heavy atom. The highest BCUT2D eigenvalue weighted by molar-refractivity contribution is 9.10. The van der Waals surface area contributed by atoms with Crippen molar-refractivity contribution in [3.05, 3.63) is 45.0 Å². The van der Waals surface area contributed by atoms with Crippen LogP contribution in [0.3, 0.4) is 0 Å². The van der Waals surface area contributed by atoms with E-state index in [1.807, 2.05) is 0 Å². The minimum atomic E-state index is -0.997. The molecule has 0 bridgehead atoms. The number of rotatable bonds is 3. The maximum absolute atomic E-state index is 11.9. The maximum Gasteiger partial charge on any atom is 0.346 e. The smallest absolute Gasteiger partial charge is 0.346 e. The fourth-order valence-electron chi connectivity index (χ4n) is 1.47. The quantitative estimate of drug-likeness (QED) is 0.841. The molecule has 2 N–H and O–H groups in total. The number of thiophene rings is 1. The predicted octanol–water partition coefficient (Wildman–Crippen LogP) is 3.16. The van der Waals surface area contributed by atoms with Gasteiger partial charge in [-0.2, -0.15) is 0 Å². The van der Waals surface area contributed by atoms with Crippen molar-refractivity contribution < 1.29 is 14.7 Å². The summed E-state index contributed by atoms with van der Waals surface area (Å²) in [4.78, 5) is 27.1. The molecule has 19 heavy (non-hydrogen) atoms. The maximum atomic E-state index is 11.9. The number of nitrogens with one attached hydrogen (secondary N) is 1. The van der Waals surface area contributed by atoms with Crippen molar-refractivity contribution in [2.45, 2.75) is 6.92 Å². The van der Waals surface area contributed by atoms with Crippen LogP contribution in [0.1, 0.15) is 25.7 Å². The Balaban J connectivity index is 2.20. The van der Waals surface area contributed by atoms with Gasteiger partial charge in [0.25, 0.3) is 5.91 Å². The molecular weight excluding hydrogens is 332 g/mol. The molecule has 1 amide bonds. The van der Waals surface area contributed by atoms with Gasteiger partial charge in [-0.05, 0) is 46.6 Å². The van der Waals surface area contributed by atoms with Crippen molar-refractivity contribution in [3.63, 3.8) is 0 Å². The van der Waals surface area contributed by atoms with Crippen LogP contribution in [-0.4, -0.2) is 22.0 Å². The summed E-state index contributed by atoms with van der Waals surface area (Å²) in [5.74, 6) is -1.37. The van der Waals surface area contributed by atoms with Crippen molar-refractivity contribution in [3.8, 4) is 0 Å². The number of carbonyl (C=O) groups is 2. The Labute approximate surface area is 121 Å². The monoisotopic (exact) mass is 340 g/mol. The lowest BCUT2D eigenvalue weighted by Gasteiger charge is -2.01. The predicted molar refractivity (Wildman–Crippen MR) is 75.9 cm³/mol. The molecule has 0 aliphatic heterocycles. The summed E-state index contributed by atoms with van der Waals surface area (Å²) >= 11 is 4.21. The first kappa shape index (κ1) is 13.7. The molecule has 2 aromatic heterocycles. The number of pyridine rings is 1. The first-order chi connectivity index (χ1) is 8.97. The molecule has 0 aromatic carbocycles. The van der Waals surface area contributed by atoms with Gasteiger partial charge in [-0.1, -0.05) is 6.07 Å². The molecule has 98 valence electrons. The van der Waals surface area contributed by atoms with E-state index in [4.69, 9.17) is 5.11 Å². The summed E-state index contributed by atoms with van der Waals surface area (Å²) in [6, 6.07) is 6.63. The van der Waals surface area contributed by atoms with Gasteiger partial charge in [0.15, 0.2) is 0 Å². The van der Waals surface area contributed by atoms with E-state index in [1.54, 1.807) is 31.2 Å². The van der Waals surface area contributed by atoms with Gasteiger partial charge in [0, 0.05) is 0 Å². The van der Waals surface area contributed by atoms with Crippen LogP contribution in [0.5, 0.6) is 0 Å². The molecule has 5 nitrogen and oxygen atoms in total. The number of amides is 1. The van der Waals surface area contributed by atoms with Crippen LogP contribution in [0.4, 0.5) is 5.00 Å². The normalized spacial score (nSPS) is 10.2. The van der Waals surface area contributed by atoms with Crippen LogP contribution in [0.2, 0.25) is 0 Å². The van der Waals surface area contributed by atoms with E-state index in [0.29, 0.717) is 15.2 Å². The molecule has 0 saturated heterocycles. The van der Waals surface area contributed by atoms with Gasteiger partial charge in [0.2, 0.25) is 0 Å². The molecule has 2 rings (SSSR count). The molecule has 2 heterocycles. The van der Waals surface area contributed by atoms with E-state index in [2.05, 4.69) is 26.2 Å². The minimum absolute atomic E-state index is 0.220. The van der Waals surface area contributed by atoms with Gasteiger partial charge in [0.05, 0.1) is 5.00 Å². The number of carboxylic acids is 1. The van der Waals surface area contributed by atoms with Gasteiger partial charge in [-0.3, -0.25) is 4.79 Å². The molecule has 0 aliphatic carbocycles. The fraction of sp³-hybridized carbons (Fsp3) is 0.0833. The largest absolute Gasteiger partial charge is 0.477 e. The zero-order valence-electron chi connectivity index (χ0n) is 9.81. The number of hydrogen-bond donors (Lipinski definition) is 2. The van der Waals surface area contributed by atoms with Gasteiger partial charge in [0.1, 0.15) is 15.2 Å². The number of aromatic nitrogens is 1. The highest BCUT2D eigenvalue weighted by Gasteiger charge is 2.15. The molecule has 0 aliphatic rings. The standard InChI is InChI=1S/C12H9BrN2O3S/c1-6-5-9(19-10(6)12(17)18)15-11(16)7-3-2-4-8(13)14-7/h2-5H,1H3,(H,15,16)(H,17,18). The summed E-state index contributed by atoms with van der Waals surface area (Å²) in [6.07, 6.45) is 0. The third kappa shape index (κ3) is 3.18. The van der Waals surface area contributed by atoms with Crippen LogP contribution in [-0.2, 0) is 0 Å². The van der Waals surface area contributed by atoms with E-state index < -0.39 is 5.97 Å². The van der Waals surface area contributed by atoms with Gasteiger partial charge < -0.3 is 10.4 Å². The number of anilines is 1. The van der Waals surface area contributed by atoms with Crippen LogP contribution in [0.25, 0.3) is 0 Å². The summed E-state index contributed by atoms with van der Waals surface area (Å²) in [7, 11) is 0. The Kier molecular flexibility index (Phi) is 3.96. The highest BCUT2D eigenvalue weighted by Crippen LogP contribution is 2.26. The first-order valence-corrected chi connectivity index (χ1v) is 6.86. The number of aryl methyl sites for hydroxylation is 1. The molecule has 0 fully saturated rings. The van der Waals surface area contributed by atoms with Crippen molar-refractivity contribution >= 4 is 44.1 Å². The second kappa shape index (κ2) is 5.50. The fourth-order valence-corrected chi connectivity index (χ4v) is 2.72. The average Bonchev–Trinajstić information content (AvgIpc) is 2.70. The minimum Gasteiger partial charge on any atom is -0.477 e. The highest BCUT2D eigenvalue weighted by atomic mass is 79.9. The number of carbonyl (C=O) groups excluding carboxylic acids is 1. The van der Waals surface area contributed by atoms with Crippen LogP contribution in [0.15, 0.2) is 28.9 Å². The lowest BCUT2D eigenvalue weighted by molar-refractivity contribution is 0.0701. The van der Waals surface area contributed by atoms with Crippen LogP contribution >= 0.6 is 27.3 Å². The van der Waals surface area contributed by atoms with Crippen molar-refractivity contribution in [2.24, 2.45) is 0 Å². The Hall–Kier alpha value is -1.73. The van der Waals surface area contributed by atoms with Gasteiger partial charge in [-0.25, -0.2) is 9.78 Å². The first-order valence-electron chi connectivity index (χ1n) is 5.25. The van der Waals surface area contributed by atoms with Crippen molar-refractivity contribution in [1.82, 2.24) is 4.98 Å². The summed E-state index contributed by atoms with van der Waals surface area (Å²) in [5, 5.41) is 12.1. The molecule has 0 radical (unpaired) electrons. The zero-order chi connectivity index (χ0) is 14.0. The summed E-state index contributed by atoms with van der Waals surface area (Å²) in [5.41, 5.74) is 0.882. The second-order valence-electron chi connectivity index (χ2n) is 3.73. The van der Waals surface area contributed by atoms with E-state index in [-0.39, 0.29) is 16.5 Å². The van der Waals surface area contributed by atoms with Crippen LogP contribution < -0.4 is 5.32 Å². The molecule has 0 unspecified atom stereocenters. The Bertz CT molecular complexity index is 654. The third-order valence-electron chi connectivity index (χ3n) is 2.30. The third-order valence-corrected chi connectivity index (χ3v) is 3.88. The van der Waals surface area contributed by atoms with Crippen molar-refractivity contribution in [2.75, 3.05) is 5.32 Å². The Morgan fingerprint density at radius 2 is 2.16 bits per heavy atom. The molecule has 7 heteroatoms. The topological polar surface area (TPSA) is 79.3 Å². The SMILES string of the molecule is Cc1cc(NC(=O)c2cccc(Br)n2)sc1C(=O)O. The van der Waals surface area contributed by atoms with Gasteiger partial charge >= 0.3 is 5.97 Å². The van der Waals surface area contributed by atoms with Crippen LogP contribution in [0, 0.1) is 6.92 Å². The van der Waals surface area contributed by atoms with E-state index >= 15 is 0 Å². The average molecular weight is 341 g/mol. The Morgan fingerprint density at radius 3 is 2.74 bits per heavy atom. The summed E-state index contributed by atoms with van der Waals surface area (Å²) in [6.45, 7) is 1.69. The lowest BCUT2D eigenvalue weighted by atomic mass is 10.3. The van der Waals surface area contributed by atoms with E-state index in [9.17, 15) is 9.59 Å². The number of aromatic carboxylic acids is 1. The van der Waals surface area contributed by atoms with Crippen molar-refractivity contribution in [1.29, 1.82) is 0 Å². The number of halogens is 1. The summed E-state index contributed by atoms with van der Waals surface area (Å²) < 4.78 is 0.564. The number of carboxylic acid groups (broad SMARTS) is 1. The number of hydrogen-bond acceptors (Lipinski definition) is 4. The van der Waals surface area contributed by atoms with E-state index in [0.717, 1.165) is 11.3 Å². The molecule has 0 saturated carbocycles. The second-order valence-corrected chi connectivity index (χ2v) is 5.59. The number of nitrogens with zero attached hydrogens (tertiary/aromatic N) is 1. The zero-order valence-corrected chi connectivity index (χ0v) is 12.2. The molecule has 0 atom stereocenters. The van der Waals surface area contributed by atoms with E-state index in [1.165, 1.54) is 0 Å². The molecule has 2 aromatic rings. The lowest BCUT2D eigenvalue weighted by Crippen LogP contribution is -2.12. The molecule has 0 spiro atoms.